The Morgan fingerprint density at radius 3 is 0.714 bits per heavy atom. The summed E-state index contributed by atoms with van der Waals surface area (Å²) in [4.78, 5) is 28.0. The van der Waals surface area contributed by atoms with Crippen LogP contribution in [0.25, 0.3) is 0 Å². The van der Waals surface area contributed by atoms with Gasteiger partial charge in [-0.15, -0.1) is 0 Å². The van der Waals surface area contributed by atoms with E-state index in [1.54, 1.807) is 0 Å². The van der Waals surface area contributed by atoms with Crippen molar-refractivity contribution in [1.29, 1.82) is 0 Å². The average Bonchev–Trinajstić information content (AvgIpc) is 2.18. The van der Waals surface area contributed by atoms with Crippen molar-refractivity contribution in [2.45, 2.75) is 39.1 Å². The molecule has 0 aliphatic rings. The fourth-order valence-electron chi connectivity index (χ4n) is 0. The van der Waals surface area contributed by atoms with Gasteiger partial charge < -0.3 is 45.0 Å². The molecule has 0 bridgehead atoms. The van der Waals surface area contributed by atoms with Gasteiger partial charge in [0.25, 0.3) is 0 Å². The molecule has 0 heterocycles. The van der Waals surface area contributed by atoms with Gasteiger partial charge in [0.15, 0.2) is 0 Å². The number of aliphatic hydroxyl groups is 3. The first kappa shape index (κ1) is 37.9. The first-order chi connectivity index (χ1) is 7.93. The third-order valence-corrected chi connectivity index (χ3v) is 1.02. The van der Waals surface area contributed by atoms with Crippen molar-refractivity contribution in [3.8, 4) is 0 Å². The molecule has 0 radical (unpaired) electrons. The Morgan fingerprint density at radius 2 is 0.714 bits per heavy atom. The van der Waals surface area contributed by atoms with E-state index in [1.807, 2.05) is 0 Å². The second kappa shape index (κ2) is 23.3. The molecule has 3 atom stereocenters. The molecule has 0 fully saturated rings. The maximum Gasteiger partial charge on any atom is 4.00 e. The molecule has 0 aliphatic carbocycles. The summed E-state index contributed by atoms with van der Waals surface area (Å²) in [5, 5.41) is 51.9. The molecule has 21 heavy (non-hydrogen) atoms. The van der Waals surface area contributed by atoms with Gasteiger partial charge in [0.1, 0.15) is 0 Å². The van der Waals surface area contributed by atoms with E-state index in [2.05, 4.69) is 0 Å². The fraction of sp³-hybridized carbons (Fsp3) is 0.667. The Balaban J connectivity index is -0.0000000375. The van der Waals surface area contributed by atoms with E-state index in [1.165, 1.54) is 0 Å². The van der Waals surface area contributed by atoms with Gasteiger partial charge in [-0.25, -0.2) is 0 Å². The molecule has 108 valence electrons. The van der Waals surface area contributed by atoms with Crippen LogP contribution in [0.3, 0.4) is 0 Å². The first-order valence-electron chi connectivity index (χ1n) is 4.60. The van der Waals surface area contributed by atoms with Crippen LogP contribution in [-0.4, -0.2) is 51.5 Å². The smallest absolute Gasteiger partial charge is 0.547 e. The standard InChI is InChI=1S/3C3H6O3.Na.2Zr/c3*1-2(4)3(5)6;;;/h3*2,4H,1H3,(H,5,6);;;/q;;;+1;2*+4/p-3. The number of aliphatic hydroxyl groups excluding tert-OH is 3. The van der Waals surface area contributed by atoms with Crippen LogP contribution in [0.15, 0.2) is 0 Å². The number of aliphatic carboxylic acids is 3. The molecular weight excluding hydrogens is 458 g/mol. The van der Waals surface area contributed by atoms with E-state index in [-0.39, 0.29) is 82.0 Å². The molecule has 0 aliphatic heterocycles. The summed E-state index contributed by atoms with van der Waals surface area (Å²) in [5.41, 5.74) is 0. The van der Waals surface area contributed by atoms with E-state index in [0.717, 1.165) is 20.8 Å². The molecule has 0 aromatic carbocycles. The van der Waals surface area contributed by atoms with E-state index in [9.17, 15) is 29.7 Å². The van der Waals surface area contributed by atoms with Gasteiger partial charge in [0.05, 0.1) is 36.2 Å². The predicted octanol–water partition coefficient (Wildman–Crippen LogP) is -8.65. The van der Waals surface area contributed by atoms with Gasteiger partial charge in [-0.3, -0.25) is 0 Å². The number of rotatable bonds is 3. The number of carbonyl (C=O) groups excluding carboxylic acids is 3. The molecule has 0 aromatic rings. The van der Waals surface area contributed by atoms with Crippen LogP contribution in [0.2, 0.25) is 0 Å². The van der Waals surface area contributed by atoms with Crippen LogP contribution >= 0.6 is 0 Å². The average molecular weight is 473 g/mol. The van der Waals surface area contributed by atoms with Crippen LogP contribution in [0.4, 0.5) is 0 Å². The zero-order valence-electron chi connectivity index (χ0n) is 12.0. The first-order valence-corrected chi connectivity index (χ1v) is 4.60. The van der Waals surface area contributed by atoms with Crippen molar-refractivity contribution in [1.82, 2.24) is 0 Å². The minimum absolute atomic E-state index is 0. The minimum atomic E-state index is -1.44. The number of hydrogen-bond donors (Lipinski definition) is 3. The van der Waals surface area contributed by atoms with Crippen LogP contribution < -0.4 is 44.9 Å². The van der Waals surface area contributed by atoms with Crippen molar-refractivity contribution < 1.29 is 127 Å². The zero-order chi connectivity index (χ0) is 15.5. The predicted molar refractivity (Wildman–Crippen MR) is 50.1 cm³/mol. The molecule has 0 amide bonds. The van der Waals surface area contributed by atoms with Crippen LogP contribution in [0.1, 0.15) is 20.8 Å². The maximum absolute atomic E-state index is 9.34. The number of carboxylic acids is 3. The molecule has 0 rings (SSSR count). The quantitative estimate of drug-likeness (QED) is 0.336. The maximum atomic E-state index is 9.34. The van der Waals surface area contributed by atoms with Crippen molar-refractivity contribution in [2.75, 3.05) is 0 Å². The van der Waals surface area contributed by atoms with Crippen molar-refractivity contribution in [3.05, 3.63) is 0 Å². The number of carbonyl (C=O) groups is 3. The third-order valence-electron chi connectivity index (χ3n) is 1.02. The van der Waals surface area contributed by atoms with E-state index >= 15 is 0 Å². The van der Waals surface area contributed by atoms with E-state index in [0.29, 0.717) is 0 Å². The van der Waals surface area contributed by atoms with Crippen LogP contribution in [0, 0.1) is 0 Å². The van der Waals surface area contributed by atoms with Crippen molar-refractivity contribution >= 4 is 17.9 Å². The molecule has 3 N–H and O–H groups in total. The van der Waals surface area contributed by atoms with Crippen LogP contribution in [-0.2, 0) is 66.8 Å². The Kier molecular flexibility index (Phi) is 42.1. The number of carboxylic acid groups (broad SMARTS) is 3. The Hall–Kier alpha value is 1.06. The number of hydrogen-bond acceptors (Lipinski definition) is 9. The fourth-order valence-corrected chi connectivity index (χ4v) is 0. The molecule has 0 saturated heterocycles. The molecular formula is C9H15NaO9Zr2+6. The second-order valence-corrected chi connectivity index (χ2v) is 2.99. The van der Waals surface area contributed by atoms with Gasteiger partial charge in [-0.1, -0.05) is 0 Å². The molecule has 9 nitrogen and oxygen atoms in total. The van der Waals surface area contributed by atoms with Gasteiger partial charge in [0, 0.05) is 0 Å². The SMILES string of the molecule is CC(O)C(=O)[O-].CC(O)C(=O)[O-].CC(O)C(=O)[O-].[Na+].[Zr+4].[Zr+4]. The van der Waals surface area contributed by atoms with E-state index in [4.69, 9.17) is 15.3 Å². The van der Waals surface area contributed by atoms with Crippen molar-refractivity contribution in [2.24, 2.45) is 0 Å². The minimum Gasteiger partial charge on any atom is -0.547 e. The van der Waals surface area contributed by atoms with Gasteiger partial charge in [0.2, 0.25) is 0 Å². The largest absolute Gasteiger partial charge is 4.00 e. The van der Waals surface area contributed by atoms with Gasteiger partial charge >= 0.3 is 82.0 Å². The summed E-state index contributed by atoms with van der Waals surface area (Å²) in [6, 6.07) is 0. The third kappa shape index (κ3) is 44.9. The van der Waals surface area contributed by atoms with E-state index < -0.39 is 36.2 Å². The summed E-state index contributed by atoms with van der Waals surface area (Å²) in [6.45, 7) is 3.40. The second-order valence-electron chi connectivity index (χ2n) is 2.99. The molecule has 0 aromatic heterocycles. The monoisotopic (exact) mass is 470 g/mol. The topological polar surface area (TPSA) is 181 Å². The summed E-state index contributed by atoms with van der Waals surface area (Å²) >= 11 is 0. The normalized spacial score (nSPS) is 11.7. The summed E-state index contributed by atoms with van der Waals surface area (Å²) in [5.74, 6) is -4.31. The van der Waals surface area contributed by atoms with Gasteiger partial charge in [-0.05, 0) is 20.8 Å². The Bertz CT molecular complexity index is 229. The van der Waals surface area contributed by atoms with Crippen LogP contribution in [0.5, 0.6) is 0 Å². The summed E-state index contributed by atoms with van der Waals surface area (Å²) < 4.78 is 0. The molecule has 0 saturated carbocycles. The van der Waals surface area contributed by atoms with Crippen molar-refractivity contribution in [3.63, 3.8) is 0 Å². The van der Waals surface area contributed by atoms with Gasteiger partial charge in [-0.2, -0.15) is 0 Å². The Morgan fingerprint density at radius 1 is 0.667 bits per heavy atom. The Labute approximate surface area is 182 Å². The molecule has 3 unspecified atom stereocenters. The summed E-state index contributed by atoms with van der Waals surface area (Å²) in [6.07, 6.45) is -4.03. The molecule has 0 spiro atoms. The summed E-state index contributed by atoms with van der Waals surface area (Å²) in [7, 11) is 0. The molecule has 12 heteroatoms. The zero-order valence-corrected chi connectivity index (χ0v) is 18.9.